The predicted molar refractivity (Wildman–Crippen MR) is 67.2 cm³/mol. The maximum atomic E-state index is 11.8. The SMILES string of the molecule is CC(=O)CC(=O)N(C)c1ccc2c(c1)CCC2. The van der Waals surface area contributed by atoms with Crippen molar-refractivity contribution in [2.75, 3.05) is 11.9 Å². The lowest BCUT2D eigenvalue weighted by atomic mass is 10.1. The van der Waals surface area contributed by atoms with Gasteiger partial charge in [-0.3, -0.25) is 9.59 Å². The molecule has 1 aromatic rings. The van der Waals surface area contributed by atoms with Crippen LogP contribution in [-0.4, -0.2) is 18.7 Å². The van der Waals surface area contributed by atoms with Crippen LogP contribution in [0.4, 0.5) is 5.69 Å². The molecule has 0 saturated heterocycles. The second kappa shape index (κ2) is 4.70. The Morgan fingerprint density at radius 3 is 2.65 bits per heavy atom. The van der Waals surface area contributed by atoms with Crippen LogP contribution < -0.4 is 4.90 Å². The number of carbonyl (C=O) groups is 2. The Bertz CT molecular complexity index is 465. The van der Waals surface area contributed by atoms with Crippen molar-refractivity contribution in [1.29, 1.82) is 0 Å². The van der Waals surface area contributed by atoms with E-state index in [2.05, 4.69) is 12.1 Å². The normalized spacial score (nSPS) is 13.3. The van der Waals surface area contributed by atoms with Crippen LogP contribution in [-0.2, 0) is 22.4 Å². The average Bonchev–Trinajstić information content (AvgIpc) is 2.73. The van der Waals surface area contributed by atoms with E-state index in [0.717, 1.165) is 18.5 Å². The van der Waals surface area contributed by atoms with Crippen LogP contribution in [0.25, 0.3) is 0 Å². The summed E-state index contributed by atoms with van der Waals surface area (Å²) in [5, 5.41) is 0. The molecule has 2 rings (SSSR count). The van der Waals surface area contributed by atoms with E-state index in [1.54, 1.807) is 11.9 Å². The molecule has 0 spiro atoms. The Balaban J connectivity index is 2.17. The van der Waals surface area contributed by atoms with Gasteiger partial charge in [-0.05, 0) is 49.4 Å². The van der Waals surface area contributed by atoms with Crippen LogP contribution in [0.1, 0.15) is 30.9 Å². The smallest absolute Gasteiger partial charge is 0.234 e. The maximum Gasteiger partial charge on any atom is 0.234 e. The lowest BCUT2D eigenvalue weighted by Crippen LogP contribution is -2.27. The topological polar surface area (TPSA) is 37.4 Å². The van der Waals surface area contributed by atoms with Gasteiger partial charge in [0.25, 0.3) is 0 Å². The van der Waals surface area contributed by atoms with E-state index >= 15 is 0 Å². The number of hydrogen-bond acceptors (Lipinski definition) is 2. The monoisotopic (exact) mass is 231 g/mol. The fourth-order valence-electron chi connectivity index (χ4n) is 2.24. The number of rotatable bonds is 3. The van der Waals surface area contributed by atoms with E-state index in [-0.39, 0.29) is 18.1 Å². The van der Waals surface area contributed by atoms with Gasteiger partial charge in [-0.1, -0.05) is 6.07 Å². The van der Waals surface area contributed by atoms with Crippen molar-refractivity contribution < 1.29 is 9.59 Å². The van der Waals surface area contributed by atoms with E-state index in [0.29, 0.717) is 0 Å². The largest absolute Gasteiger partial charge is 0.315 e. The molecule has 0 atom stereocenters. The second-order valence-electron chi connectivity index (χ2n) is 4.64. The highest BCUT2D eigenvalue weighted by molar-refractivity contribution is 6.04. The number of fused-ring (bicyclic) bond motifs is 1. The molecule has 0 unspecified atom stereocenters. The second-order valence-corrected chi connectivity index (χ2v) is 4.64. The summed E-state index contributed by atoms with van der Waals surface area (Å²) in [5.74, 6) is -0.238. The van der Waals surface area contributed by atoms with Gasteiger partial charge in [0.1, 0.15) is 5.78 Å². The first-order chi connectivity index (χ1) is 8.08. The van der Waals surface area contributed by atoms with Crippen LogP contribution >= 0.6 is 0 Å². The molecule has 17 heavy (non-hydrogen) atoms. The minimum Gasteiger partial charge on any atom is -0.315 e. The van der Waals surface area contributed by atoms with Crippen molar-refractivity contribution in [3.05, 3.63) is 29.3 Å². The molecular weight excluding hydrogens is 214 g/mol. The van der Waals surface area contributed by atoms with Crippen molar-refractivity contribution in [3.63, 3.8) is 0 Å². The molecule has 1 amide bonds. The molecule has 0 radical (unpaired) electrons. The Morgan fingerprint density at radius 1 is 1.24 bits per heavy atom. The van der Waals surface area contributed by atoms with Crippen molar-refractivity contribution in [1.82, 2.24) is 0 Å². The summed E-state index contributed by atoms with van der Waals surface area (Å²) < 4.78 is 0. The molecule has 1 aliphatic rings. The predicted octanol–water partition coefficient (Wildman–Crippen LogP) is 2.12. The number of amides is 1. The first-order valence-electron chi connectivity index (χ1n) is 5.95. The zero-order chi connectivity index (χ0) is 12.4. The zero-order valence-electron chi connectivity index (χ0n) is 10.3. The summed E-state index contributed by atoms with van der Waals surface area (Å²) in [6.45, 7) is 1.44. The fraction of sp³-hybridized carbons (Fsp3) is 0.429. The zero-order valence-corrected chi connectivity index (χ0v) is 10.3. The summed E-state index contributed by atoms with van der Waals surface area (Å²) in [6, 6.07) is 6.12. The van der Waals surface area contributed by atoms with E-state index in [1.807, 2.05) is 6.07 Å². The van der Waals surface area contributed by atoms with Crippen LogP contribution in [0.2, 0.25) is 0 Å². The van der Waals surface area contributed by atoms with Crippen LogP contribution in [0.3, 0.4) is 0 Å². The molecule has 0 saturated carbocycles. The van der Waals surface area contributed by atoms with Gasteiger partial charge in [0.05, 0.1) is 6.42 Å². The molecule has 3 heteroatoms. The summed E-state index contributed by atoms with van der Waals surface area (Å²) in [7, 11) is 1.72. The van der Waals surface area contributed by atoms with Crippen molar-refractivity contribution >= 4 is 17.4 Å². The van der Waals surface area contributed by atoms with Crippen LogP contribution in [0.5, 0.6) is 0 Å². The number of Topliss-reactive ketones (excluding diaryl/α,β-unsaturated/α-hetero) is 1. The molecule has 3 nitrogen and oxygen atoms in total. The van der Waals surface area contributed by atoms with Crippen molar-refractivity contribution in [2.45, 2.75) is 32.6 Å². The van der Waals surface area contributed by atoms with Gasteiger partial charge < -0.3 is 4.90 Å². The number of benzene rings is 1. The quantitative estimate of drug-likeness (QED) is 0.747. The van der Waals surface area contributed by atoms with E-state index in [9.17, 15) is 9.59 Å². The highest BCUT2D eigenvalue weighted by Crippen LogP contribution is 2.26. The van der Waals surface area contributed by atoms with Gasteiger partial charge in [0.2, 0.25) is 5.91 Å². The molecule has 0 bridgehead atoms. The molecule has 0 fully saturated rings. The Labute approximate surface area is 101 Å². The summed E-state index contributed by atoms with van der Waals surface area (Å²) in [5.41, 5.74) is 3.61. The highest BCUT2D eigenvalue weighted by atomic mass is 16.2. The van der Waals surface area contributed by atoms with Gasteiger partial charge in [-0.2, -0.15) is 0 Å². The number of anilines is 1. The molecular formula is C14H17NO2. The number of hydrogen-bond donors (Lipinski definition) is 0. The van der Waals surface area contributed by atoms with Crippen molar-refractivity contribution in [2.24, 2.45) is 0 Å². The third kappa shape index (κ3) is 2.54. The lowest BCUT2D eigenvalue weighted by Gasteiger charge is -2.17. The highest BCUT2D eigenvalue weighted by Gasteiger charge is 2.16. The third-order valence-electron chi connectivity index (χ3n) is 3.24. The fourth-order valence-corrected chi connectivity index (χ4v) is 2.24. The van der Waals surface area contributed by atoms with Gasteiger partial charge in [0.15, 0.2) is 0 Å². The Hall–Kier alpha value is -1.64. The molecule has 0 aromatic heterocycles. The number of aryl methyl sites for hydroxylation is 2. The average molecular weight is 231 g/mol. The third-order valence-corrected chi connectivity index (χ3v) is 3.24. The Kier molecular flexibility index (Phi) is 3.27. The molecule has 1 aliphatic carbocycles. The molecule has 0 aliphatic heterocycles. The number of ketones is 1. The first-order valence-corrected chi connectivity index (χ1v) is 5.95. The van der Waals surface area contributed by atoms with Gasteiger partial charge in [-0.25, -0.2) is 0 Å². The first kappa shape index (κ1) is 11.8. The summed E-state index contributed by atoms with van der Waals surface area (Å²) in [6.07, 6.45) is 3.41. The lowest BCUT2D eigenvalue weighted by molar-refractivity contribution is -0.125. The molecule has 0 N–H and O–H groups in total. The van der Waals surface area contributed by atoms with Gasteiger partial charge in [0, 0.05) is 12.7 Å². The molecule has 90 valence electrons. The van der Waals surface area contributed by atoms with E-state index in [1.165, 1.54) is 24.5 Å². The minimum absolute atomic E-state index is 0.0203. The Morgan fingerprint density at radius 2 is 1.94 bits per heavy atom. The molecule has 0 heterocycles. The molecule has 1 aromatic carbocycles. The minimum atomic E-state index is -0.143. The van der Waals surface area contributed by atoms with Gasteiger partial charge >= 0.3 is 0 Å². The summed E-state index contributed by atoms with van der Waals surface area (Å²) in [4.78, 5) is 24.3. The standard InChI is InChI=1S/C14H17NO2/c1-10(16)8-14(17)15(2)13-7-6-11-4-3-5-12(11)9-13/h6-7,9H,3-5,8H2,1-2H3. The van der Waals surface area contributed by atoms with Crippen molar-refractivity contribution in [3.8, 4) is 0 Å². The summed E-state index contributed by atoms with van der Waals surface area (Å²) >= 11 is 0. The van der Waals surface area contributed by atoms with Crippen LogP contribution in [0, 0.1) is 0 Å². The number of carbonyl (C=O) groups excluding carboxylic acids is 2. The van der Waals surface area contributed by atoms with E-state index in [4.69, 9.17) is 0 Å². The van der Waals surface area contributed by atoms with E-state index < -0.39 is 0 Å². The number of nitrogens with zero attached hydrogens (tertiary/aromatic N) is 1. The van der Waals surface area contributed by atoms with Crippen LogP contribution in [0.15, 0.2) is 18.2 Å². The van der Waals surface area contributed by atoms with Gasteiger partial charge in [-0.15, -0.1) is 0 Å². The maximum absolute atomic E-state index is 11.8.